The molecule has 4 heterocycles. The highest BCUT2D eigenvalue weighted by Crippen LogP contribution is 2.41. The molecule has 0 aromatic carbocycles. The van der Waals surface area contributed by atoms with Gasteiger partial charge in [-0.05, 0) is 31.5 Å². The standard InChI is InChI=1S/C19H18N4O4S/c1-9-5-12(11-6-13(26-3)16(27-4)20-7-11)22-15-14(9)17(24)23(18(15)25)19-21-10(2)8-28-19/h5-8,24-25H,1-4H3. The zero-order valence-corrected chi connectivity index (χ0v) is 16.5. The number of nitrogens with zero attached hydrogens (tertiary/aromatic N) is 4. The zero-order chi connectivity index (χ0) is 20.0. The van der Waals surface area contributed by atoms with E-state index in [1.54, 1.807) is 12.3 Å². The van der Waals surface area contributed by atoms with Crippen LogP contribution in [0.15, 0.2) is 23.7 Å². The molecule has 4 rings (SSSR count). The van der Waals surface area contributed by atoms with E-state index in [9.17, 15) is 10.2 Å². The number of aromatic hydroxyl groups is 2. The molecular weight excluding hydrogens is 380 g/mol. The molecule has 8 nitrogen and oxygen atoms in total. The summed E-state index contributed by atoms with van der Waals surface area (Å²) in [4.78, 5) is 13.1. The SMILES string of the molecule is COc1cc(-c2cc(C)c3c(O)n(-c4nc(C)cs4)c(O)c3n2)cnc1OC. The fourth-order valence-corrected chi connectivity index (χ4v) is 3.88. The van der Waals surface area contributed by atoms with E-state index in [-0.39, 0.29) is 17.3 Å². The van der Waals surface area contributed by atoms with Crippen molar-refractivity contribution in [2.75, 3.05) is 14.2 Å². The highest BCUT2D eigenvalue weighted by molar-refractivity contribution is 7.12. The minimum absolute atomic E-state index is 0.0937. The Hall–Kier alpha value is -3.33. The van der Waals surface area contributed by atoms with E-state index in [0.29, 0.717) is 33.4 Å². The Kier molecular flexibility index (Phi) is 4.31. The first-order chi connectivity index (χ1) is 13.4. The van der Waals surface area contributed by atoms with Gasteiger partial charge in [0.25, 0.3) is 5.88 Å². The summed E-state index contributed by atoms with van der Waals surface area (Å²) >= 11 is 1.33. The van der Waals surface area contributed by atoms with Crippen LogP contribution in [0.5, 0.6) is 23.4 Å². The van der Waals surface area contributed by atoms with Gasteiger partial charge in [-0.15, -0.1) is 11.3 Å². The summed E-state index contributed by atoms with van der Waals surface area (Å²) in [5.41, 5.74) is 3.13. The summed E-state index contributed by atoms with van der Waals surface area (Å²) in [6, 6.07) is 3.58. The fourth-order valence-electron chi connectivity index (χ4n) is 3.08. The molecule has 0 radical (unpaired) electrons. The zero-order valence-electron chi connectivity index (χ0n) is 15.7. The van der Waals surface area contributed by atoms with Crippen LogP contribution in [0.1, 0.15) is 11.3 Å². The smallest absolute Gasteiger partial charge is 0.256 e. The Morgan fingerprint density at radius 3 is 2.46 bits per heavy atom. The first-order valence-corrected chi connectivity index (χ1v) is 9.27. The second kappa shape index (κ2) is 6.68. The van der Waals surface area contributed by atoms with Crippen molar-refractivity contribution in [3.63, 3.8) is 0 Å². The molecule has 2 N–H and O–H groups in total. The highest BCUT2D eigenvalue weighted by atomic mass is 32.1. The Labute approximate surface area is 164 Å². The van der Waals surface area contributed by atoms with Gasteiger partial charge in [-0.3, -0.25) is 0 Å². The number of pyridine rings is 2. The summed E-state index contributed by atoms with van der Waals surface area (Å²) < 4.78 is 11.8. The number of thiazole rings is 1. The molecule has 4 aromatic heterocycles. The summed E-state index contributed by atoms with van der Waals surface area (Å²) in [7, 11) is 3.05. The number of methoxy groups -OCH3 is 2. The number of rotatable bonds is 4. The lowest BCUT2D eigenvalue weighted by molar-refractivity contribution is 0.343. The second-order valence-electron chi connectivity index (χ2n) is 6.24. The highest BCUT2D eigenvalue weighted by Gasteiger charge is 2.23. The minimum atomic E-state index is -0.166. The van der Waals surface area contributed by atoms with Crippen LogP contribution in [0.2, 0.25) is 0 Å². The van der Waals surface area contributed by atoms with E-state index in [0.717, 1.165) is 11.3 Å². The van der Waals surface area contributed by atoms with Crippen LogP contribution < -0.4 is 9.47 Å². The van der Waals surface area contributed by atoms with Crippen LogP contribution in [0.4, 0.5) is 0 Å². The maximum absolute atomic E-state index is 10.8. The molecule has 0 spiro atoms. The van der Waals surface area contributed by atoms with Gasteiger partial charge in [0, 0.05) is 17.1 Å². The Bertz CT molecular complexity index is 1200. The van der Waals surface area contributed by atoms with Gasteiger partial charge in [-0.2, -0.15) is 0 Å². The predicted molar refractivity (Wildman–Crippen MR) is 106 cm³/mol. The summed E-state index contributed by atoms with van der Waals surface area (Å²) in [5.74, 6) is 0.585. The van der Waals surface area contributed by atoms with Crippen LogP contribution in [0, 0.1) is 13.8 Å². The molecule has 0 atom stereocenters. The van der Waals surface area contributed by atoms with Crippen molar-refractivity contribution in [1.29, 1.82) is 0 Å². The van der Waals surface area contributed by atoms with Gasteiger partial charge in [-0.1, -0.05) is 0 Å². The molecule has 0 aliphatic carbocycles. The van der Waals surface area contributed by atoms with Gasteiger partial charge >= 0.3 is 0 Å². The van der Waals surface area contributed by atoms with E-state index >= 15 is 0 Å². The third-order valence-corrected chi connectivity index (χ3v) is 5.34. The molecule has 0 fully saturated rings. The number of aromatic nitrogens is 4. The van der Waals surface area contributed by atoms with E-state index < -0.39 is 0 Å². The molecule has 0 amide bonds. The molecular formula is C19H18N4O4S. The van der Waals surface area contributed by atoms with E-state index in [4.69, 9.17) is 9.47 Å². The lowest BCUT2D eigenvalue weighted by Crippen LogP contribution is -1.95. The van der Waals surface area contributed by atoms with Crippen LogP contribution in [-0.4, -0.2) is 44.0 Å². The van der Waals surface area contributed by atoms with Crippen LogP contribution in [0.3, 0.4) is 0 Å². The van der Waals surface area contributed by atoms with E-state index in [1.165, 1.54) is 30.1 Å². The Morgan fingerprint density at radius 1 is 1.04 bits per heavy atom. The van der Waals surface area contributed by atoms with Gasteiger partial charge in [0.15, 0.2) is 10.9 Å². The Morgan fingerprint density at radius 2 is 1.82 bits per heavy atom. The van der Waals surface area contributed by atoms with Gasteiger partial charge in [-0.25, -0.2) is 19.5 Å². The summed E-state index contributed by atoms with van der Waals surface area (Å²) in [6.45, 7) is 3.70. The molecule has 28 heavy (non-hydrogen) atoms. The molecule has 4 aromatic rings. The maximum Gasteiger partial charge on any atom is 0.256 e. The largest absolute Gasteiger partial charge is 0.494 e. The quantitative estimate of drug-likeness (QED) is 0.541. The van der Waals surface area contributed by atoms with Gasteiger partial charge < -0.3 is 19.7 Å². The van der Waals surface area contributed by atoms with E-state index in [1.807, 2.05) is 25.3 Å². The summed E-state index contributed by atoms with van der Waals surface area (Å²) in [5, 5.41) is 24.3. The minimum Gasteiger partial charge on any atom is -0.494 e. The van der Waals surface area contributed by atoms with Gasteiger partial charge in [0.1, 0.15) is 5.52 Å². The topological polar surface area (TPSA) is 103 Å². The predicted octanol–water partition coefficient (Wildman–Crippen LogP) is 3.59. The number of hydrogen-bond donors (Lipinski definition) is 2. The van der Waals surface area contributed by atoms with Crippen molar-refractivity contribution < 1.29 is 19.7 Å². The van der Waals surface area contributed by atoms with Crippen molar-refractivity contribution in [1.82, 2.24) is 19.5 Å². The third-order valence-electron chi connectivity index (χ3n) is 4.40. The average Bonchev–Trinajstić information content (AvgIpc) is 3.22. The monoisotopic (exact) mass is 398 g/mol. The molecule has 0 unspecified atom stereocenters. The average molecular weight is 398 g/mol. The van der Waals surface area contributed by atoms with Crippen LogP contribution >= 0.6 is 11.3 Å². The normalized spacial score (nSPS) is 11.1. The van der Waals surface area contributed by atoms with Crippen molar-refractivity contribution in [3.05, 3.63) is 35.0 Å². The van der Waals surface area contributed by atoms with Crippen molar-refractivity contribution in [3.8, 4) is 39.8 Å². The lowest BCUT2D eigenvalue weighted by Gasteiger charge is -2.09. The molecule has 0 aliphatic rings. The molecule has 0 aliphatic heterocycles. The summed E-state index contributed by atoms with van der Waals surface area (Å²) in [6.07, 6.45) is 1.62. The second-order valence-corrected chi connectivity index (χ2v) is 7.07. The first kappa shape index (κ1) is 18.1. The number of fused-ring (bicyclic) bond motifs is 1. The number of ether oxygens (including phenoxy) is 2. The lowest BCUT2D eigenvalue weighted by atomic mass is 10.1. The van der Waals surface area contributed by atoms with Crippen molar-refractivity contribution >= 4 is 22.2 Å². The van der Waals surface area contributed by atoms with E-state index in [2.05, 4.69) is 15.0 Å². The first-order valence-electron chi connectivity index (χ1n) is 8.39. The van der Waals surface area contributed by atoms with Gasteiger partial charge in [0.2, 0.25) is 11.8 Å². The van der Waals surface area contributed by atoms with Crippen molar-refractivity contribution in [2.24, 2.45) is 0 Å². The molecule has 0 bridgehead atoms. The maximum atomic E-state index is 10.8. The Balaban J connectivity index is 1.93. The van der Waals surface area contributed by atoms with Crippen molar-refractivity contribution in [2.45, 2.75) is 13.8 Å². The molecule has 144 valence electrons. The molecule has 0 saturated heterocycles. The number of hydrogen-bond acceptors (Lipinski definition) is 8. The number of aryl methyl sites for hydroxylation is 2. The van der Waals surface area contributed by atoms with Crippen LogP contribution in [-0.2, 0) is 0 Å². The fraction of sp³-hybridized carbons (Fsp3) is 0.211. The molecule has 9 heteroatoms. The molecule has 0 saturated carbocycles. The van der Waals surface area contributed by atoms with Gasteiger partial charge in [0.05, 0.1) is 31.0 Å². The third kappa shape index (κ3) is 2.71. The van der Waals surface area contributed by atoms with Crippen LogP contribution in [0.25, 0.3) is 27.3 Å².